The fourth-order valence-corrected chi connectivity index (χ4v) is 5.44. The molecule has 3 heterocycles. The molecule has 0 radical (unpaired) electrons. The van der Waals surface area contributed by atoms with E-state index >= 15 is 0 Å². The number of aryl methyl sites for hydroxylation is 1. The first-order valence-corrected chi connectivity index (χ1v) is 13.4. The van der Waals surface area contributed by atoms with E-state index in [0.29, 0.717) is 16.7 Å². The number of benzene rings is 2. The molecular formula is C28H25ClN4O2S2. The Balaban J connectivity index is 1.35. The number of furan rings is 1. The van der Waals surface area contributed by atoms with Crippen LogP contribution in [0.2, 0.25) is 5.02 Å². The number of aromatic nitrogens is 1. The van der Waals surface area contributed by atoms with Crippen molar-refractivity contribution in [3.63, 3.8) is 0 Å². The van der Waals surface area contributed by atoms with Crippen molar-refractivity contribution in [2.75, 3.05) is 11.9 Å². The van der Waals surface area contributed by atoms with Gasteiger partial charge in [-0.05, 0) is 79.8 Å². The number of halogens is 1. The number of carbonyl (C=O) groups is 1. The van der Waals surface area contributed by atoms with Gasteiger partial charge in [-0.3, -0.25) is 9.78 Å². The number of amides is 1. The third-order valence-corrected chi connectivity index (χ3v) is 7.57. The second-order valence-corrected chi connectivity index (χ2v) is 10.6. The smallest absolute Gasteiger partial charge is 0.226 e. The molecule has 37 heavy (non-hydrogen) atoms. The topological polar surface area (TPSA) is 70.4 Å². The van der Waals surface area contributed by atoms with Gasteiger partial charge in [0.05, 0.1) is 11.7 Å². The van der Waals surface area contributed by atoms with Gasteiger partial charge >= 0.3 is 0 Å². The first-order valence-electron chi connectivity index (χ1n) is 11.8. The molecule has 2 aromatic carbocycles. The molecule has 1 amide bonds. The summed E-state index contributed by atoms with van der Waals surface area (Å²) < 4.78 is 6.31. The Morgan fingerprint density at radius 3 is 2.62 bits per heavy atom. The predicted molar refractivity (Wildman–Crippen MR) is 151 cm³/mol. The van der Waals surface area contributed by atoms with Crippen molar-refractivity contribution in [1.82, 2.24) is 15.2 Å². The van der Waals surface area contributed by atoms with E-state index in [1.807, 2.05) is 90.7 Å². The SMILES string of the molecule is Cc1ccc(NC(=O)CCN2C(=S)NC(c3ccccn3)C2c2ccc(Sc3ccc(Cl)cc3)o2)cc1. The van der Waals surface area contributed by atoms with Gasteiger partial charge in [0.2, 0.25) is 5.91 Å². The van der Waals surface area contributed by atoms with Crippen molar-refractivity contribution in [2.24, 2.45) is 0 Å². The summed E-state index contributed by atoms with van der Waals surface area (Å²) in [6, 6.07) is 24.6. The molecule has 2 N–H and O–H groups in total. The Morgan fingerprint density at radius 2 is 1.89 bits per heavy atom. The van der Waals surface area contributed by atoms with Gasteiger partial charge in [-0.15, -0.1) is 0 Å². The molecule has 1 aliphatic rings. The standard InChI is InChI=1S/C28H25ClN4O2S2/c1-18-5-9-20(10-6-18)31-24(34)15-17-33-27(26(32-28(33)36)22-4-2-3-16-30-22)23-13-14-25(35-23)37-21-11-7-19(29)8-12-21/h2-14,16,26-27H,15,17H2,1H3,(H,31,34)(H,32,36). The highest BCUT2D eigenvalue weighted by Crippen LogP contribution is 2.41. The minimum atomic E-state index is -0.255. The normalized spacial score (nSPS) is 17.0. The van der Waals surface area contributed by atoms with E-state index in [4.69, 9.17) is 28.2 Å². The number of thiocarbonyl (C=S) groups is 1. The maximum absolute atomic E-state index is 12.7. The van der Waals surface area contributed by atoms with Gasteiger partial charge in [0, 0.05) is 34.8 Å². The number of nitrogens with one attached hydrogen (secondary N) is 2. The van der Waals surface area contributed by atoms with Crippen molar-refractivity contribution < 1.29 is 9.21 Å². The fourth-order valence-electron chi connectivity index (χ4n) is 4.20. The van der Waals surface area contributed by atoms with Gasteiger partial charge in [-0.25, -0.2) is 0 Å². The zero-order valence-electron chi connectivity index (χ0n) is 20.1. The fraction of sp³-hybridized carbons (Fsp3) is 0.179. The highest BCUT2D eigenvalue weighted by atomic mass is 35.5. The third-order valence-electron chi connectivity index (χ3n) is 6.04. The van der Waals surface area contributed by atoms with Crippen LogP contribution >= 0.6 is 35.6 Å². The van der Waals surface area contributed by atoms with E-state index in [2.05, 4.69) is 15.6 Å². The van der Waals surface area contributed by atoms with Crippen LogP contribution in [0.3, 0.4) is 0 Å². The molecule has 0 bridgehead atoms. The van der Waals surface area contributed by atoms with Crippen molar-refractivity contribution >= 4 is 52.3 Å². The van der Waals surface area contributed by atoms with Crippen LogP contribution < -0.4 is 10.6 Å². The number of hydrogen-bond acceptors (Lipinski definition) is 5. The van der Waals surface area contributed by atoms with Crippen molar-refractivity contribution in [1.29, 1.82) is 0 Å². The van der Waals surface area contributed by atoms with Gasteiger partial charge in [0.25, 0.3) is 0 Å². The first-order chi connectivity index (χ1) is 18.0. The highest BCUT2D eigenvalue weighted by Gasteiger charge is 2.41. The Labute approximate surface area is 230 Å². The summed E-state index contributed by atoms with van der Waals surface area (Å²) in [4.78, 5) is 20.3. The molecule has 0 spiro atoms. The summed E-state index contributed by atoms with van der Waals surface area (Å²) in [7, 11) is 0. The zero-order valence-corrected chi connectivity index (χ0v) is 22.4. The van der Waals surface area contributed by atoms with Gasteiger partial charge in [-0.1, -0.05) is 47.1 Å². The molecule has 1 fully saturated rings. The summed E-state index contributed by atoms with van der Waals surface area (Å²) >= 11 is 13.2. The number of hydrogen-bond donors (Lipinski definition) is 2. The first kappa shape index (κ1) is 25.3. The number of pyridine rings is 1. The molecule has 1 aliphatic heterocycles. The summed E-state index contributed by atoms with van der Waals surface area (Å²) in [6.45, 7) is 2.44. The Bertz CT molecular complexity index is 1380. The largest absolute Gasteiger partial charge is 0.452 e. The van der Waals surface area contributed by atoms with E-state index in [1.54, 1.807) is 6.20 Å². The van der Waals surface area contributed by atoms with Gasteiger partial charge in [-0.2, -0.15) is 0 Å². The lowest BCUT2D eigenvalue weighted by Gasteiger charge is -2.25. The minimum absolute atomic E-state index is 0.0786. The number of rotatable bonds is 8. The number of carbonyl (C=O) groups excluding carboxylic acids is 1. The van der Waals surface area contributed by atoms with Gasteiger partial charge < -0.3 is 20.0 Å². The van der Waals surface area contributed by atoms with Gasteiger partial charge in [0.1, 0.15) is 11.8 Å². The van der Waals surface area contributed by atoms with Crippen LogP contribution in [-0.2, 0) is 4.79 Å². The second kappa shape index (κ2) is 11.4. The van der Waals surface area contributed by atoms with E-state index in [9.17, 15) is 4.79 Å². The minimum Gasteiger partial charge on any atom is -0.452 e. The van der Waals surface area contributed by atoms with Crippen LogP contribution in [0, 0.1) is 6.92 Å². The Morgan fingerprint density at radius 1 is 1.11 bits per heavy atom. The lowest BCUT2D eigenvalue weighted by Crippen LogP contribution is -2.32. The molecular weight excluding hydrogens is 524 g/mol. The van der Waals surface area contributed by atoms with Crippen LogP contribution in [0.25, 0.3) is 0 Å². The molecule has 2 aromatic heterocycles. The Hall–Kier alpha value is -3.33. The number of anilines is 1. The molecule has 5 rings (SSSR count). The van der Waals surface area contributed by atoms with E-state index in [1.165, 1.54) is 11.8 Å². The summed E-state index contributed by atoms with van der Waals surface area (Å²) in [5.41, 5.74) is 2.77. The van der Waals surface area contributed by atoms with Crippen LogP contribution in [0.1, 0.15) is 35.5 Å². The third kappa shape index (κ3) is 6.15. The maximum Gasteiger partial charge on any atom is 0.226 e. The van der Waals surface area contributed by atoms with Crippen molar-refractivity contribution in [3.8, 4) is 0 Å². The molecule has 9 heteroatoms. The molecule has 0 aliphatic carbocycles. The Kier molecular flexibility index (Phi) is 7.79. The molecule has 1 saturated heterocycles. The zero-order chi connectivity index (χ0) is 25.8. The quantitative estimate of drug-likeness (QED) is 0.235. The van der Waals surface area contributed by atoms with Gasteiger partial charge in [0.15, 0.2) is 10.2 Å². The van der Waals surface area contributed by atoms with Crippen LogP contribution in [-0.4, -0.2) is 27.4 Å². The average Bonchev–Trinajstić information content (AvgIpc) is 3.49. The average molecular weight is 549 g/mol. The van der Waals surface area contributed by atoms with E-state index in [0.717, 1.165) is 32.7 Å². The molecule has 4 aromatic rings. The molecule has 2 atom stereocenters. The van der Waals surface area contributed by atoms with E-state index in [-0.39, 0.29) is 24.4 Å². The molecule has 188 valence electrons. The predicted octanol–water partition coefficient (Wildman–Crippen LogP) is 6.79. The van der Waals surface area contributed by atoms with E-state index < -0.39 is 0 Å². The lowest BCUT2D eigenvalue weighted by molar-refractivity contribution is -0.116. The maximum atomic E-state index is 12.7. The highest BCUT2D eigenvalue weighted by molar-refractivity contribution is 7.99. The second-order valence-electron chi connectivity index (χ2n) is 8.70. The summed E-state index contributed by atoms with van der Waals surface area (Å²) in [6.07, 6.45) is 2.03. The van der Waals surface area contributed by atoms with Crippen molar-refractivity contribution in [3.05, 3.63) is 107 Å². The van der Waals surface area contributed by atoms with Crippen LogP contribution in [0.15, 0.2) is 99.5 Å². The molecule has 6 nitrogen and oxygen atoms in total. The van der Waals surface area contributed by atoms with Crippen LogP contribution in [0.4, 0.5) is 5.69 Å². The molecule has 2 unspecified atom stereocenters. The summed E-state index contributed by atoms with van der Waals surface area (Å²) in [5.74, 6) is 0.670. The molecule has 0 saturated carbocycles. The number of nitrogens with zero attached hydrogens (tertiary/aromatic N) is 2. The lowest BCUT2D eigenvalue weighted by atomic mass is 10.0. The summed E-state index contributed by atoms with van der Waals surface area (Å²) in [5, 5.41) is 8.37. The van der Waals surface area contributed by atoms with Crippen LogP contribution in [0.5, 0.6) is 0 Å². The monoisotopic (exact) mass is 548 g/mol. The van der Waals surface area contributed by atoms with Crippen molar-refractivity contribution in [2.45, 2.75) is 35.4 Å².